The standard InChI is InChI=1S/C13H24N6O/c1-3-19(10-4-5-10)7-6-15-11-8-12(18-14)17-13(16-11)9-20-2/h8,10H,3-7,9,14H2,1-2H3,(H2,15,16,17,18). The van der Waals surface area contributed by atoms with Crippen LogP contribution in [0, 0.1) is 0 Å². The summed E-state index contributed by atoms with van der Waals surface area (Å²) in [5.74, 6) is 7.38. The summed E-state index contributed by atoms with van der Waals surface area (Å²) in [5, 5.41) is 3.32. The Balaban J connectivity index is 1.88. The molecular formula is C13H24N6O. The van der Waals surface area contributed by atoms with Gasteiger partial charge in [-0.05, 0) is 19.4 Å². The zero-order chi connectivity index (χ0) is 14.4. The smallest absolute Gasteiger partial charge is 0.158 e. The minimum absolute atomic E-state index is 0.368. The van der Waals surface area contributed by atoms with Crippen LogP contribution < -0.4 is 16.6 Å². The van der Waals surface area contributed by atoms with Gasteiger partial charge in [-0.15, -0.1) is 0 Å². The van der Waals surface area contributed by atoms with Crippen molar-refractivity contribution in [3.05, 3.63) is 11.9 Å². The highest BCUT2D eigenvalue weighted by Gasteiger charge is 2.27. The first-order valence-electron chi connectivity index (χ1n) is 7.08. The summed E-state index contributed by atoms with van der Waals surface area (Å²) in [6, 6.07) is 2.59. The molecule has 0 saturated heterocycles. The number of rotatable bonds is 9. The van der Waals surface area contributed by atoms with Gasteiger partial charge in [-0.3, -0.25) is 4.90 Å². The van der Waals surface area contributed by atoms with Gasteiger partial charge in [0.25, 0.3) is 0 Å². The van der Waals surface area contributed by atoms with Crippen LogP contribution in [0.15, 0.2) is 6.07 Å². The predicted octanol–water partition coefficient (Wildman–Crippen LogP) is 0.805. The van der Waals surface area contributed by atoms with Gasteiger partial charge < -0.3 is 15.5 Å². The van der Waals surface area contributed by atoms with Crippen LogP contribution in [0.1, 0.15) is 25.6 Å². The SMILES string of the molecule is CCN(CCNc1cc(NN)nc(COC)n1)C1CC1. The van der Waals surface area contributed by atoms with Crippen LogP contribution in [-0.4, -0.2) is 47.7 Å². The molecule has 1 saturated carbocycles. The van der Waals surface area contributed by atoms with Gasteiger partial charge in [0.15, 0.2) is 5.82 Å². The van der Waals surface area contributed by atoms with Crippen molar-refractivity contribution in [1.82, 2.24) is 14.9 Å². The van der Waals surface area contributed by atoms with Crippen molar-refractivity contribution in [3.63, 3.8) is 0 Å². The number of nitrogens with zero attached hydrogens (tertiary/aromatic N) is 3. The Bertz CT molecular complexity index is 423. The van der Waals surface area contributed by atoms with Crippen LogP contribution in [0.4, 0.5) is 11.6 Å². The molecule has 2 rings (SSSR count). The van der Waals surface area contributed by atoms with Gasteiger partial charge in [0.05, 0.1) is 0 Å². The number of hydrazine groups is 1. The van der Waals surface area contributed by atoms with Gasteiger partial charge >= 0.3 is 0 Å². The fourth-order valence-electron chi connectivity index (χ4n) is 2.22. The van der Waals surface area contributed by atoms with Gasteiger partial charge in [0.2, 0.25) is 0 Å². The number of likely N-dealkylation sites (N-methyl/N-ethyl adjacent to an activating group) is 1. The third-order valence-corrected chi connectivity index (χ3v) is 3.37. The quantitative estimate of drug-likeness (QED) is 0.455. The Labute approximate surface area is 119 Å². The molecule has 0 unspecified atom stereocenters. The van der Waals surface area contributed by atoms with E-state index in [0.29, 0.717) is 18.2 Å². The number of methoxy groups -OCH3 is 1. The van der Waals surface area contributed by atoms with Gasteiger partial charge in [-0.25, -0.2) is 15.8 Å². The first-order chi connectivity index (χ1) is 9.76. The van der Waals surface area contributed by atoms with Crippen LogP contribution in [-0.2, 0) is 11.3 Å². The Morgan fingerprint density at radius 3 is 2.75 bits per heavy atom. The summed E-state index contributed by atoms with van der Waals surface area (Å²) in [6.07, 6.45) is 2.67. The molecule has 0 bridgehead atoms. The minimum atomic E-state index is 0.368. The van der Waals surface area contributed by atoms with Crippen molar-refractivity contribution in [2.75, 3.05) is 37.5 Å². The molecule has 0 amide bonds. The largest absolute Gasteiger partial charge is 0.377 e. The van der Waals surface area contributed by atoms with Gasteiger partial charge in [-0.1, -0.05) is 6.92 Å². The highest BCUT2D eigenvalue weighted by atomic mass is 16.5. The van der Waals surface area contributed by atoms with Crippen LogP contribution in [0.2, 0.25) is 0 Å². The molecular weight excluding hydrogens is 256 g/mol. The maximum absolute atomic E-state index is 5.41. The van der Waals surface area contributed by atoms with Crippen LogP contribution in [0.25, 0.3) is 0 Å². The molecule has 1 fully saturated rings. The van der Waals surface area contributed by atoms with E-state index in [1.54, 1.807) is 13.2 Å². The van der Waals surface area contributed by atoms with E-state index in [2.05, 4.69) is 32.5 Å². The van der Waals surface area contributed by atoms with Crippen molar-refractivity contribution < 1.29 is 4.74 Å². The zero-order valence-electron chi connectivity index (χ0n) is 12.2. The first-order valence-corrected chi connectivity index (χ1v) is 7.08. The maximum atomic E-state index is 5.41. The summed E-state index contributed by atoms with van der Waals surface area (Å²) in [7, 11) is 1.62. The second-order valence-electron chi connectivity index (χ2n) is 4.92. The lowest BCUT2D eigenvalue weighted by molar-refractivity contribution is 0.178. The summed E-state index contributed by atoms with van der Waals surface area (Å²) in [5.41, 5.74) is 2.55. The van der Waals surface area contributed by atoms with E-state index < -0.39 is 0 Å². The molecule has 1 heterocycles. The summed E-state index contributed by atoms with van der Waals surface area (Å²) < 4.78 is 5.05. The Morgan fingerprint density at radius 2 is 2.15 bits per heavy atom. The van der Waals surface area contributed by atoms with Gasteiger partial charge in [0.1, 0.15) is 18.2 Å². The van der Waals surface area contributed by atoms with Crippen LogP contribution in [0.5, 0.6) is 0 Å². The molecule has 0 radical (unpaired) electrons. The van der Waals surface area contributed by atoms with Crippen LogP contribution in [0.3, 0.4) is 0 Å². The van der Waals surface area contributed by atoms with Gasteiger partial charge in [-0.2, -0.15) is 0 Å². The average Bonchev–Trinajstić information content (AvgIpc) is 3.28. The average molecular weight is 280 g/mol. The second kappa shape index (κ2) is 7.37. The lowest BCUT2D eigenvalue weighted by Gasteiger charge is -2.20. The van der Waals surface area contributed by atoms with Gasteiger partial charge in [0, 0.05) is 32.3 Å². The Morgan fingerprint density at radius 1 is 1.40 bits per heavy atom. The molecule has 0 spiro atoms. The molecule has 0 aromatic carbocycles. The number of hydrogen-bond donors (Lipinski definition) is 3. The summed E-state index contributed by atoms with van der Waals surface area (Å²) in [6.45, 7) is 5.55. The highest BCUT2D eigenvalue weighted by Crippen LogP contribution is 2.26. The van der Waals surface area contributed by atoms with Crippen molar-refractivity contribution in [2.24, 2.45) is 5.84 Å². The number of nitrogens with two attached hydrogens (primary N) is 1. The number of ether oxygens (including phenoxy) is 1. The van der Waals surface area contributed by atoms with Crippen molar-refractivity contribution in [3.8, 4) is 0 Å². The molecule has 20 heavy (non-hydrogen) atoms. The van der Waals surface area contributed by atoms with Crippen molar-refractivity contribution in [1.29, 1.82) is 0 Å². The van der Waals surface area contributed by atoms with E-state index in [-0.39, 0.29) is 0 Å². The molecule has 1 aromatic heterocycles. The lowest BCUT2D eigenvalue weighted by Crippen LogP contribution is -2.31. The Hall–Kier alpha value is -1.44. The molecule has 7 nitrogen and oxygen atoms in total. The first kappa shape index (κ1) is 15.0. The number of hydrogen-bond acceptors (Lipinski definition) is 7. The fraction of sp³-hybridized carbons (Fsp3) is 0.692. The third kappa shape index (κ3) is 4.29. The number of nitrogen functional groups attached to an aromatic ring is 1. The molecule has 4 N–H and O–H groups in total. The van der Waals surface area contributed by atoms with E-state index in [1.807, 2.05) is 0 Å². The molecule has 0 atom stereocenters. The molecule has 0 aliphatic heterocycles. The van der Waals surface area contributed by atoms with E-state index in [9.17, 15) is 0 Å². The lowest BCUT2D eigenvalue weighted by atomic mass is 10.4. The molecule has 112 valence electrons. The molecule has 1 aromatic rings. The summed E-state index contributed by atoms with van der Waals surface area (Å²) >= 11 is 0. The van der Waals surface area contributed by atoms with E-state index in [4.69, 9.17) is 10.6 Å². The van der Waals surface area contributed by atoms with Crippen molar-refractivity contribution in [2.45, 2.75) is 32.4 Å². The molecule has 1 aliphatic rings. The predicted molar refractivity (Wildman–Crippen MR) is 79.3 cm³/mol. The maximum Gasteiger partial charge on any atom is 0.158 e. The fourth-order valence-corrected chi connectivity index (χ4v) is 2.22. The number of nitrogens with one attached hydrogen (secondary N) is 2. The minimum Gasteiger partial charge on any atom is -0.377 e. The van der Waals surface area contributed by atoms with Crippen molar-refractivity contribution >= 4 is 11.6 Å². The molecule has 7 heteroatoms. The van der Waals surface area contributed by atoms with Crippen LogP contribution >= 0.6 is 0 Å². The van der Waals surface area contributed by atoms with E-state index in [1.165, 1.54) is 12.8 Å². The number of anilines is 2. The summed E-state index contributed by atoms with van der Waals surface area (Å²) in [4.78, 5) is 11.1. The van der Waals surface area contributed by atoms with E-state index >= 15 is 0 Å². The molecule has 1 aliphatic carbocycles. The zero-order valence-corrected chi connectivity index (χ0v) is 12.2. The Kier molecular flexibility index (Phi) is 5.51. The monoisotopic (exact) mass is 280 g/mol. The number of aromatic nitrogens is 2. The highest BCUT2D eigenvalue weighted by molar-refractivity contribution is 5.46. The second-order valence-corrected chi connectivity index (χ2v) is 4.92. The normalized spacial score (nSPS) is 14.6. The van der Waals surface area contributed by atoms with E-state index in [0.717, 1.165) is 31.5 Å². The third-order valence-electron chi connectivity index (χ3n) is 3.37. The topological polar surface area (TPSA) is 88.3 Å².